The van der Waals surface area contributed by atoms with Gasteiger partial charge in [0.25, 0.3) is 0 Å². The zero-order valence-electron chi connectivity index (χ0n) is 9.47. The molecule has 0 heterocycles. The zero-order valence-corrected chi connectivity index (χ0v) is 11.9. The fourth-order valence-electron chi connectivity index (χ4n) is 1.50. The molecule has 0 aliphatic carbocycles. The van der Waals surface area contributed by atoms with Crippen molar-refractivity contribution in [2.75, 3.05) is 0 Å². The van der Waals surface area contributed by atoms with Gasteiger partial charge in [-0.15, -0.1) is 0 Å². The third-order valence-electron chi connectivity index (χ3n) is 2.46. The van der Waals surface area contributed by atoms with Crippen molar-refractivity contribution in [2.24, 2.45) is 0 Å². The van der Waals surface area contributed by atoms with Crippen LogP contribution in [0.3, 0.4) is 0 Å². The SMILES string of the molecule is N#Cc1ccc(CS(=O)c2ccc(Br)cc2)cc1. The summed E-state index contributed by atoms with van der Waals surface area (Å²) in [6.45, 7) is 0. The Morgan fingerprint density at radius 1 is 1.06 bits per heavy atom. The Kier molecular flexibility index (Phi) is 4.29. The number of hydrogen-bond acceptors (Lipinski definition) is 2. The highest BCUT2D eigenvalue weighted by molar-refractivity contribution is 9.10. The Hall–Kier alpha value is -1.44. The molecule has 0 amide bonds. The maximum atomic E-state index is 12.1. The van der Waals surface area contributed by atoms with Gasteiger partial charge in [-0.3, -0.25) is 4.21 Å². The second-order valence-electron chi connectivity index (χ2n) is 3.75. The van der Waals surface area contributed by atoms with E-state index in [1.165, 1.54) is 0 Å². The lowest BCUT2D eigenvalue weighted by atomic mass is 10.2. The molecule has 0 saturated heterocycles. The van der Waals surface area contributed by atoms with Crippen LogP contribution < -0.4 is 0 Å². The fourth-order valence-corrected chi connectivity index (χ4v) is 2.86. The van der Waals surface area contributed by atoms with Crippen molar-refractivity contribution in [3.8, 4) is 6.07 Å². The molecule has 18 heavy (non-hydrogen) atoms. The normalized spacial score (nSPS) is 11.8. The van der Waals surface area contributed by atoms with E-state index in [2.05, 4.69) is 22.0 Å². The second kappa shape index (κ2) is 5.94. The Balaban J connectivity index is 2.11. The van der Waals surface area contributed by atoms with Crippen molar-refractivity contribution < 1.29 is 4.21 Å². The summed E-state index contributed by atoms with van der Waals surface area (Å²) < 4.78 is 13.1. The van der Waals surface area contributed by atoms with Crippen molar-refractivity contribution in [3.05, 3.63) is 64.1 Å². The summed E-state index contributed by atoms with van der Waals surface area (Å²) in [4.78, 5) is 0.808. The van der Waals surface area contributed by atoms with Crippen LogP contribution in [0, 0.1) is 11.3 Å². The van der Waals surface area contributed by atoms with Crippen LogP contribution in [0.25, 0.3) is 0 Å². The van der Waals surface area contributed by atoms with Crippen LogP contribution in [0.5, 0.6) is 0 Å². The molecule has 2 aromatic carbocycles. The van der Waals surface area contributed by atoms with E-state index in [1.807, 2.05) is 36.4 Å². The average Bonchev–Trinajstić information content (AvgIpc) is 2.40. The number of hydrogen-bond donors (Lipinski definition) is 0. The Labute approximate surface area is 117 Å². The largest absolute Gasteiger partial charge is 0.254 e. The molecule has 0 saturated carbocycles. The summed E-state index contributed by atoms with van der Waals surface area (Å²) in [5, 5.41) is 8.70. The van der Waals surface area contributed by atoms with Gasteiger partial charge in [-0.25, -0.2) is 0 Å². The van der Waals surface area contributed by atoms with E-state index in [0.717, 1.165) is 14.9 Å². The number of nitrogens with zero attached hydrogens (tertiary/aromatic N) is 1. The van der Waals surface area contributed by atoms with Crippen LogP contribution in [0.15, 0.2) is 57.9 Å². The van der Waals surface area contributed by atoms with E-state index < -0.39 is 10.8 Å². The summed E-state index contributed by atoms with van der Waals surface area (Å²) in [6, 6.07) is 16.7. The lowest BCUT2D eigenvalue weighted by molar-refractivity contribution is 0.682. The van der Waals surface area contributed by atoms with Crippen molar-refractivity contribution in [1.29, 1.82) is 5.26 Å². The van der Waals surface area contributed by atoms with E-state index in [4.69, 9.17) is 5.26 Å². The van der Waals surface area contributed by atoms with Crippen molar-refractivity contribution >= 4 is 26.7 Å². The maximum absolute atomic E-state index is 12.1. The molecule has 1 atom stereocenters. The molecule has 1 unspecified atom stereocenters. The van der Waals surface area contributed by atoms with Gasteiger partial charge in [0.1, 0.15) is 0 Å². The van der Waals surface area contributed by atoms with Gasteiger partial charge >= 0.3 is 0 Å². The summed E-state index contributed by atoms with van der Waals surface area (Å²) in [5.41, 5.74) is 1.59. The third-order valence-corrected chi connectivity index (χ3v) is 4.38. The molecule has 0 bridgehead atoms. The van der Waals surface area contributed by atoms with E-state index >= 15 is 0 Å². The van der Waals surface area contributed by atoms with E-state index in [9.17, 15) is 4.21 Å². The minimum Gasteiger partial charge on any atom is -0.254 e. The van der Waals surface area contributed by atoms with Crippen LogP contribution in [0.2, 0.25) is 0 Å². The predicted octanol–water partition coefficient (Wildman–Crippen LogP) is 3.63. The van der Waals surface area contributed by atoms with E-state index in [1.54, 1.807) is 12.1 Å². The first-order valence-corrected chi connectivity index (χ1v) is 7.43. The molecule has 0 spiro atoms. The number of halogens is 1. The molecule has 0 radical (unpaired) electrons. The lowest BCUT2D eigenvalue weighted by Gasteiger charge is -2.03. The first kappa shape index (κ1) is 13.0. The highest BCUT2D eigenvalue weighted by Crippen LogP contribution is 2.16. The highest BCUT2D eigenvalue weighted by atomic mass is 79.9. The topological polar surface area (TPSA) is 40.9 Å². The van der Waals surface area contributed by atoms with Gasteiger partial charge in [-0.2, -0.15) is 5.26 Å². The number of nitriles is 1. The first-order valence-electron chi connectivity index (χ1n) is 5.32. The fraction of sp³-hybridized carbons (Fsp3) is 0.0714. The second-order valence-corrected chi connectivity index (χ2v) is 6.12. The number of benzene rings is 2. The Bertz CT molecular complexity index is 599. The molecule has 0 aliphatic heterocycles. The van der Waals surface area contributed by atoms with Crippen molar-refractivity contribution in [1.82, 2.24) is 0 Å². The molecular formula is C14H10BrNOS. The predicted molar refractivity (Wildman–Crippen MR) is 75.4 cm³/mol. The van der Waals surface area contributed by atoms with Crippen LogP contribution >= 0.6 is 15.9 Å². The van der Waals surface area contributed by atoms with Gasteiger partial charge in [0.05, 0.1) is 28.2 Å². The van der Waals surface area contributed by atoms with Gasteiger partial charge in [0.2, 0.25) is 0 Å². The molecule has 2 aromatic rings. The summed E-state index contributed by atoms with van der Waals surface area (Å²) >= 11 is 3.35. The lowest BCUT2D eigenvalue weighted by Crippen LogP contribution is -1.96. The minimum absolute atomic E-state index is 0.466. The van der Waals surface area contributed by atoms with Gasteiger partial charge < -0.3 is 0 Å². The summed E-state index contributed by atoms with van der Waals surface area (Å²) in [6.07, 6.45) is 0. The van der Waals surface area contributed by atoms with Crippen LogP contribution in [-0.2, 0) is 16.6 Å². The molecule has 4 heteroatoms. The number of rotatable bonds is 3. The van der Waals surface area contributed by atoms with Gasteiger partial charge in [0.15, 0.2) is 0 Å². The molecule has 2 nitrogen and oxygen atoms in total. The summed E-state index contributed by atoms with van der Waals surface area (Å²) in [7, 11) is -1.05. The molecule has 0 aliphatic rings. The monoisotopic (exact) mass is 319 g/mol. The van der Waals surface area contributed by atoms with Crippen LogP contribution in [0.4, 0.5) is 0 Å². The third kappa shape index (κ3) is 3.28. The molecule has 0 fully saturated rings. The highest BCUT2D eigenvalue weighted by Gasteiger charge is 2.05. The van der Waals surface area contributed by atoms with Gasteiger partial charge in [-0.1, -0.05) is 28.1 Å². The molecule has 0 aromatic heterocycles. The average molecular weight is 320 g/mol. The first-order chi connectivity index (χ1) is 8.69. The summed E-state index contributed by atoms with van der Waals surface area (Å²) in [5.74, 6) is 0.466. The van der Waals surface area contributed by atoms with Crippen LogP contribution in [-0.4, -0.2) is 4.21 Å². The Morgan fingerprint density at radius 3 is 2.22 bits per heavy atom. The van der Waals surface area contributed by atoms with Gasteiger partial charge in [0, 0.05) is 9.37 Å². The standard InChI is InChI=1S/C14H10BrNOS/c15-13-5-7-14(8-6-13)18(17)10-12-3-1-11(9-16)2-4-12/h1-8H,10H2. The Morgan fingerprint density at radius 2 is 1.67 bits per heavy atom. The smallest absolute Gasteiger partial charge is 0.0991 e. The molecular weight excluding hydrogens is 310 g/mol. The van der Waals surface area contributed by atoms with Gasteiger partial charge in [-0.05, 0) is 42.0 Å². The van der Waals surface area contributed by atoms with E-state index in [0.29, 0.717) is 11.3 Å². The van der Waals surface area contributed by atoms with E-state index in [-0.39, 0.29) is 0 Å². The van der Waals surface area contributed by atoms with Crippen molar-refractivity contribution in [3.63, 3.8) is 0 Å². The molecule has 90 valence electrons. The molecule has 2 rings (SSSR count). The molecule has 0 N–H and O–H groups in total. The van der Waals surface area contributed by atoms with Crippen molar-refractivity contribution in [2.45, 2.75) is 10.6 Å². The zero-order chi connectivity index (χ0) is 13.0. The minimum atomic E-state index is -1.05. The quantitative estimate of drug-likeness (QED) is 0.866. The maximum Gasteiger partial charge on any atom is 0.0991 e. The van der Waals surface area contributed by atoms with Crippen LogP contribution in [0.1, 0.15) is 11.1 Å².